The van der Waals surface area contributed by atoms with Gasteiger partial charge in [0, 0.05) is 37.4 Å². The molecule has 5 heteroatoms. The quantitative estimate of drug-likeness (QED) is 0.921. The van der Waals surface area contributed by atoms with Gasteiger partial charge in [0.15, 0.2) is 0 Å². The third kappa shape index (κ3) is 2.51. The fourth-order valence-electron chi connectivity index (χ4n) is 4.41. The number of nitrogens with zero attached hydrogens (tertiary/aromatic N) is 3. The van der Waals surface area contributed by atoms with Crippen LogP contribution in [-0.4, -0.2) is 46.8 Å². The summed E-state index contributed by atoms with van der Waals surface area (Å²) in [6, 6.07) is 1.43. The molecule has 0 aliphatic carbocycles. The average molecular weight is 290 g/mol. The number of hydrogen-bond donors (Lipinski definition) is 1. The summed E-state index contributed by atoms with van der Waals surface area (Å²) < 4.78 is 7.88. The molecule has 4 heterocycles. The first-order valence-corrected chi connectivity index (χ1v) is 8.42. The van der Waals surface area contributed by atoms with Gasteiger partial charge in [-0.05, 0) is 38.6 Å². The summed E-state index contributed by atoms with van der Waals surface area (Å²) in [5.74, 6) is 0.451. The second-order valence-electron chi connectivity index (χ2n) is 6.89. The van der Waals surface area contributed by atoms with Crippen molar-refractivity contribution in [3.05, 3.63) is 18.2 Å². The van der Waals surface area contributed by atoms with E-state index in [4.69, 9.17) is 10.5 Å². The Morgan fingerprint density at radius 1 is 1.24 bits per heavy atom. The lowest BCUT2D eigenvalue weighted by Gasteiger charge is -2.36. The summed E-state index contributed by atoms with van der Waals surface area (Å²) in [4.78, 5) is 7.07. The van der Waals surface area contributed by atoms with Gasteiger partial charge in [0.1, 0.15) is 0 Å². The molecule has 4 unspecified atom stereocenters. The van der Waals surface area contributed by atoms with E-state index in [0.29, 0.717) is 12.0 Å². The highest BCUT2D eigenvalue weighted by atomic mass is 16.5. The highest BCUT2D eigenvalue weighted by molar-refractivity contribution is 5.09. The number of piperidine rings is 1. The summed E-state index contributed by atoms with van der Waals surface area (Å²) in [6.45, 7) is 4.18. The molecular formula is C16H26N4O. The van der Waals surface area contributed by atoms with Gasteiger partial charge >= 0.3 is 0 Å². The Hall–Kier alpha value is -0.910. The number of fused-ring (bicyclic) bond motifs is 1. The van der Waals surface area contributed by atoms with Crippen LogP contribution in [0, 0.1) is 5.92 Å². The highest BCUT2D eigenvalue weighted by Gasteiger charge is 2.34. The van der Waals surface area contributed by atoms with Gasteiger partial charge in [0.2, 0.25) is 0 Å². The summed E-state index contributed by atoms with van der Waals surface area (Å²) in [6.07, 6.45) is 10.3. The van der Waals surface area contributed by atoms with Gasteiger partial charge in [-0.15, -0.1) is 0 Å². The average Bonchev–Trinajstić information content (AvgIpc) is 3.24. The van der Waals surface area contributed by atoms with Crippen LogP contribution in [0.25, 0.3) is 0 Å². The molecule has 3 fully saturated rings. The lowest BCUT2D eigenvalue weighted by Crippen LogP contribution is -2.39. The molecule has 4 atom stereocenters. The Bertz CT molecular complexity index is 482. The summed E-state index contributed by atoms with van der Waals surface area (Å²) in [7, 11) is 0. The molecule has 3 aliphatic heterocycles. The lowest BCUT2D eigenvalue weighted by molar-refractivity contribution is 0.151. The Morgan fingerprint density at radius 2 is 2.19 bits per heavy atom. The maximum absolute atomic E-state index is 6.51. The van der Waals surface area contributed by atoms with E-state index in [1.54, 1.807) is 0 Å². The topological polar surface area (TPSA) is 56.3 Å². The van der Waals surface area contributed by atoms with Gasteiger partial charge in [0.05, 0.1) is 24.7 Å². The third-order valence-corrected chi connectivity index (χ3v) is 5.70. The van der Waals surface area contributed by atoms with E-state index >= 15 is 0 Å². The smallest absolute Gasteiger partial charge is 0.0951 e. The summed E-state index contributed by atoms with van der Waals surface area (Å²) in [5, 5.41) is 0. The van der Waals surface area contributed by atoms with Crippen LogP contribution in [0.2, 0.25) is 0 Å². The van der Waals surface area contributed by atoms with Gasteiger partial charge in [-0.2, -0.15) is 0 Å². The van der Waals surface area contributed by atoms with Crippen molar-refractivity contribution < 1.29 is 4.74 Å². The van der Waals surface area contributed by atoms with Crippen LogP contribution < -0.4 is 5.73 Å². The van der Waals surface area contributed by atoms with Crippen molar-refractivity contribution >= 4 is 0 Å². The predicted molar refractivity (Wildman–Crippen MR) is 80.9 cm³/mol. The molecule has 0 saturated carbocycles. The van der Waals surface area contributed by atoms with Crippen LogP contribution in [0.15, 0.2) is 12.5 Å². The largest absolute Gasteiger partial charge is 0.381 e. The minimum atomic E-state index is 0.0663. The molecule has 5 nitrogen and oxygen atoms in total. The van der Waals surface area contributed by atoms with Crippen molar-refractivity contribution in [2.45, 2.75) is 50.2 Å². The Balaban J connectivity index is 1.51. The molecule has 1 aromatic rings. The zero-order valence-corrected chi connectivity index (χ0v) is 12.7. The van der Waals surface area contributed by atoms with Crippen molar-refractivity contribution in [3.63, 3.8) is 0 Å². The van der Waals surface area contributed by atoms with E-state index in [1.807, 2.05) is 12.5 Å². The molecule has 0 aromatic carbocycles. The molecule has 0 spiro atoms. The molecule has 4 rings (SSSR count). The standard InChI is InChI=1S/C16H26N4O/c17-16(12-4-7-21-10-12)15-9-18-11-20(15)14-3-6-19-5-1-2-13(19)8-14/h9,11-14,16H,1-8,10,17H2. The van der Waals surface area contributed by atoms with Crippen molar-refractivity contribution in [2.75, 3.05) is 26.3 Å². The predicted octanol–water partition coefficient (Wildman–Crippen LogP) is 1.72. The van der Waals surface area contributed by atoms with Crippen molar-refractivity contribution in [3.8, 4) is 0 Å². The van der Waals surface area contributed by atoms with Crippen molar-refractivity contribution in [1.29, 1.82) is 0 Å². The Kier molecular flexibility index (Phi) is 3.73. The highest BCUT2D eigenvalue weighted by Crippen LogP contribution is 2.35. The molecule has 2 N–H and O–H groups in total. The van der Waals surface area contributed by atoms with Gasteiger partial charge in [-0.1, -0.05) is 0 Å². The molecular weight excluding hydrogens is 264 g/mol. The fourth-order valence-corrected chi connectivity index (χ4v) is 4.41. The third-order valence-electron chi connectivity index (χ3n) is 5.70. The van der Waals surface area contributed by atoms with Gasteiger partial charge < -0.3 is 19.9 Å². The van der Waals surface area contributed by atoms with Crippen molar-refractivity contribution in [2.24, 2.45) is 11.7 Å². The first-order valence-electron chi connectivity index (χ1n) is 8.42. The van der Waals surface area contributed by atoms with Crippen molar-refractivity contribution in [1.82, 2.24) is 14.5 Å². The van der Waals surface area contributed by atoms with Crippen LogP contribution in [-0.2, 0) is 4.74 Å². The molecule has 3 aliphatic rings. The Labute approximate surface area is 126 Å². The van der Waals surface area contributed by atoms with Crippen LogP contribution in [0.4, 0.5) is 0 Å². The van der Waals surface area contributed by atoms with E-state index < -0.39 is 0 Å². The number of imidazole rings is 1. The zero-order chi connectivity index (χ0) is 14.2. The normalized spacial score (nSPS) is 35.0. The van der Waals surface area contributed by atoms with E-state index in [2.05, 4.69) is 14.5 Å². The molecule has 116 valence electrons. The minimum Gasteiger partial charge on any atom is -0.381 e. The molecule has 3 saturated heterocycles. The Morgan fingerprint density at radius 3 is 3.05 bits per heavy atom. The maximum atomic E-state index is 6.51. The zero-order valence-electron chi connectivity index (χ0n) is 12.7. The number of nitrogens with two attached hydrogens (primary N) is 1. The number of aromatic nitrogens is 2. The monoisotopic (exact) mass is 290 g/mol. The SMILES string of the molecule is NC(c1cncn1C1CCN2CCCC2C1)C1CCOC1. The molecule has 0 amide bonds. The second kappa shape index (κ2) is 5.71. The maximum Gasteiger partial charge on any atom is 0.0951 e. The van der Waals surface area contributed by atoms with Gasteiger partial charge in [-0.25, -0.2) is 4.98 Å². The fraction of sp³-hybridized carbons (Fsp3) is 0.812. The van der Waals surface area contributed by atoms with E-state index in [1.165, 1.54) is 44.5 Å². The van der Waals surface area contributed by atoms with Gasteiger partial charge in [-0.3, -0.25) is 0 Å². The van der Waals surface area contributed by atoms with E-state index in [0.717, 1.165) is 25.7 Å². The number of hydrogen-bond acceptors (Lipinski definition) is 4. The molecule has 1 aromatic heterocycles. The van der Waals surface area contributed by atoms with E-state index in [-0.39, 0.29) is 6.04 Å². The van der Waals surface area contributed by atoms with Crippen LogP contribution in [0.1, 0.15) is 49.9 Å². The van der Waals surface area contributed by atoms with Crippen LogP contribution >= 0.6 is 0 Å². The first-order chi connectivity index (χ1) is 10.3. The number of ether oxygens (including phenoxy) is 1. The summed E-state index contributed by atoms with van der Waals surface area (Å²) in [5.41, 5.74) is 7.72. The van der Waals surface area contributed by atoms with E-state index in [9.17, 15) is 0 Å². The van der Waals surface area contributed by atoms with Crippen LogP contribution in [0.5, 0.6) is 0 Å². The van der Waals surface area contributed by atoms with Crippen LogP contribution in [0.3, 0.4) is 0 Å². The van der Waals surface area contributed by atoms with Gasteiger partial charge in [0.25, 0.3) is 0 Å². The molecule has 21 heavy (non-hydrogen) atoms. The lowest BCUT2D eigenvalue weighted by atomic mass is 9.94. The second-order valence-corrected chi connectivity index (χ2v) is 6.89. The first kappa shape index (κ1) is 13.7. The summed E-state index contributed by atoms with van der Waals surface area (Å²) >= 11 is 0. The molecule has 0 bridgehead atoms. The molecule has 0 radical (unpaired) electrons. The minimum absolute atomic E-state index is 0.0663. The number of rotatable bonds is 3.